The van der Waals surface area contributed by atoms with Crippen molar-refractivity contribution in [2.75, 3.05) is 24.3 Å². The van der Waals surface area contributed by atoms with Crippen molar-refractivity contribution in [1.82, 2.24) is 0 Å². The average Bonchev–Trinajstić information content (AvgIpc) is 2.75. The standard InChI is InChI=1S/C14H20ClN3O.2ClH/c1-18(2)13-6-4-10(15)8-12(13)17-14(19)9-3-5-11(16)7-9;;/h4,6,8-9,11H,3,5,7,16H2,1-2H3,(H,17,19);2*1H. The first-order valence-electron chi connectivity index (χ1n) is 6.50. The molecule has 120 valence electrons. The van der Waals surface area contributed by atoms with E-state index in [9.17, 15) is 4.79 Å². The van der Waals surface area contributed by atoms with Gasteiger partial charge in [0.15, 0.2) is 0 Å². The van der Waals surface area contributed by atoms with Crippen molar-refractivity contribution in [3.8, 4) is 0 Å². The van der Waals surface area contributed by atoms with E-state index in [0.29, 0.717) is 5.02 Å². The molecule has 1 aromatic rings. The molecule has 1 aromatic carbocycles. The largest absolute Gasteiger partial charge is 0.376 e. The molecule has 1 saturated carbocycles. The second-order valence-electron chi connectivity index (χ2n) is 5.32. The molecule has 21 heavy (non-hydrogen) atoms. The number of nitrogens with zero attached hydrogens (tertiary/aromatic N) is 1. The van der Waals surface area contributed by atoms with Crippen molar-refractivity contribution in [3.05, 3.63) is 23.2 Å². The van der Waals surface area contributed by atoms with Crippen molar-refractivity contribution >= 4 is 53.7 Å². The number of benzene rings is 1. The molecule has 1 amide bonds. The lowest BCUT2D eigenvalue weighted by atomic mass is 10.1. The second kappa shape index (κ2) is 8.69. The van der Waals surface area contributed by atoms with Gasteiger partial charge in [-0.25, -0.2) is 0 Å². The number of amides is 1. The molecule has 4 nitrogen and oxygen atoms in total. The molecule has 0 spiro atoms. The van der Waals surface area contributed by atoms with Crippen LogP contribution in [0, 0.1) is 5.92 Å². The van der Waals surface area contributed by atoms with Crippen LogP contribution in [0.4, 0.5) is 11.4 Å². The van der Waals surface area contributed by atoms with E-state index in [4.69, 9.17) is 17.3 Å². The van der Waals surface area contributed by atoms with Gasteiger partial charge < -0.3 is 16.0 Å². The Balaban J connectivity index is 0.00000200. The SMILES string of the molecule is CN(C)c1ccc(Cl)cc1NC(=O)C1CCC(N)C1.Cl.Cl. The number of hydrogen-bond donors (Lipinski definition) is 2. The Kier molecular flexibility index (Phi) is 8.41. The molecule has 1 fully saturated rings. The normalized spacial score (nSPS) is 20.2. The topological polar surface area (TPSA) is 58.4 Å². The highest BCUT2D eigenvalue weighted by Gasteiger charge is 2.28. The summed E-state index contributed by atoms with van der Waals surface area (Å²) >= 11 is 6.00. The highest BCUT2D eigenvalue weighted by atomic mass is 35.5. The van der Waals surface area contributed by atoms with Crippen molar-refractivity contribution in [3.63, 3.8) is 0 Å². The summed E-state index contributed by atoms with van der Waals surface area (Å²) < 4.78 is 0. The third-order valence-corrected chi connectivity index (χ3v) is 3.78. The molecule has 1 aliphatic rings. The van der Waals surface area contributed by atoms with E-state index < -0.39 is 0 Å². The molecule has 0 heterocycles. The van der Waals surface area contributed by atoms with Crippen LogP contribution in [0.25, 0.3) is 0 Å². The van der Waals surface area contributed by atoms with Crippen LogP contribution in [0.5, 0.6) is 0 Å². The summed E-state index contributed by atoms with van der Waals surface area (Å²) in [6, 6.07) is 5.66. The van der Waals surface area contributed by atoms with Gasteiger partial charge in [0.25, 0.3) is 0 Å². The van der Waals surface area contributed by atoms with Gasteiger partial charge in [-0.3, -0.25) is 4.79 Å². The van der Waals surface area contributed by atoms with Crippen molar-refractivity contribution < 1.29 is 4.79 Å². The van der Waals surface area contributed by atoms with Crippen molar-refractivity contribution in [1.29, 1.82) is 0 Å². The lowest BCUT2D eigenvalue weighted by molar-refractivity contribution is -0.119. The first kappa shape index (κ1) is 20.3. The van der Waals surface area contributed by atoms with E-state index in [-0.39, 0.29) is 42.7 Å². The number of nitrogens with one attached hydrogen (secondary N) is 1. The summed E-state index contributed by atoms with van der Waals surface area (Å²) in [6.45, 7) is 0. The Morgan fingerprint density at radius 1 is 1.33 bits per heavy atom. The van der Waals surface area contributed by atoms with Crippen molar-refractivity contribution in [2.24, 2.45) is 11.7 Å². The number of rotatable bonds is 3. The van der Waals surface area contributed by atoms with Gasteiger partial charge >= 0.3 is 0 Å². The smallest absolute Gasteiger partial charge is 0.227 e. The minimum atomic E-state index is 0. The Morgan fingerprint density at radius 2 is 2.00 bits per heavy atom. The summed E-state index contributed by atoms with van der Waals surface area (Å²) in [5, 5.41) is 3.59. The molecule has 0 saturated heterocycles. The second-order valence-corrected chi connectivity index (χ2v) is 5.75. The van der Waals surface area contributed by atoms with Gasteiger partial charge in [-0.1, -0.05) is 11.6 Å². The van der Waals surface area contributed by atoms with Gasteiger partial charge in [-0.2, -0.15) is 0 Å². The fourth-order valence-corrected chi connectivity index (χ4v) is 2.66. The van der Waals surface area contributed by atoms with Crippen LogP contribution in [-0.4, -0.2) is 26.0 Å². The van der Waals surface area contributed by atoms with Crippen LogP contribution in [0.2, 0.25) is 5.02 Å². The predicted octanol–water partition coefficient (Wildman–Crippen LogP) is 3.32. The summed E-state index contributed by atoms with van der Waals surface area (Å²) in [7, 11) is 3.87. The van der Waals surface area contributed by atoms with E-state index in [1.165, 1.54) is 0 Å². The van der Waals surface area contributed by atoms with Gasteiger partial charge in [0.05, 0.1) is 11.4 Å². The lowest BCUT2D eigenvalue weighted by Gasteiger charge is -2.19. The number of carbonyl (C=O) groups excluding carboxylic acids is 1. The highest BCUT2D eigenvalue weighted by molar-refractivity contribution is 6.31. The maximum Gasteiger partial charge on any atom is 0.227 e. The molecule has 0 radical (unpaired) electrons. The quantitative estimate of drug-likeness (QED) is 0.875. The van der Waals surface area contributed by atoms with Crippen LogP contribution in [0.1, 0.15) is 19.3 Å². The molecular formula is C14H22Cl3N3O. The third kappa shape index (κ3) is 5.22. The zero-order valence-electron chi connectivity index (χ0n) is 12.1. The summed E-state index contributed by atoms with van der Waals surface area (Å²) in [6.07, 6.45) is 2.56. The predicted molar refractivity (Wildman–Crippen MR) is 94.2 cm³/mol. The monoisotopic (exact) mass is 353 g/mol. The maximum atomic E-state index is 12.2. The molecule has 3 N–H and O–H groups in total. The van der Waals surface area contributed by atoms with Crippen LogP contribution < -0.4 is 16.0 Å². The maximum absolute atomic E-state index is 12.2. The molecular weight excluding hydrogens is 333 g/mol. The van der Waals surface area contributed by atoms with Crippen LogP contribution in [-0.2, 0) is 4.79 Å². The van der Waals surface area contributed by atoms with Gasteiger partial charge in [0.2, 0.25) is 5.91 Å². The molecule has 0 bridgehead atoms. The van der Waals surface area contributed by atoms with Crippen molar-refractivity contribution in [2.45, 2.75) is 25.3 Å². The Labute approximate surface area is 143 Å². The lowest BCUT2D eigenvalue weighted by Crippen LogP contribution is -2.24. The number of anilines is 2. The van der Waals surface area contributed by atoms with Crippen LogP contribution in [0.3, 0.4) is 0 Å². The third-order valence-electron chi connectivity index (χ3n) is 3.54. The van der Waals surface area contributed by atoms with E-state index in [0.717, 1.165) is 30.6 Å². The Hall–Kier alpha value is -0.680. The highest BCUT2D eigenvalue weighted by Crippen LogP contribution is 2.30. The first-order valence-corrected chi connectivity index (χ1v) is 6.88. The van der Waals surface area contributed by atoms with E-state index in [1.807, 2.05) is 31.1 Å². The molecule has 2 atom stereocenters. The Morgan fingerprint density at radius 3 is 2.52 bits per heavy atom. The minimum absolute atomic E-state index is 0. The fraction of sp³-hybridized carbons (Fsp3) is 0.500. The number of halogens is 3. The van der Waals surface area contributed by atoms with E-state index in [1.54, 1.807) is 6.07 Å². The molecule has 0 aliphatic heterocycles. The van der Waals surface area contributed by atoms with E-state index in [2.05, 4.69) is 5.32 Å². The van der Waals surface area contributed by atoms with Crippen LogP contribution >= 0.6 is 36.4 Å². The van der Waals surface area contributed by atoms with Gasteiger partial charge in [0.1, 0.15) is 0 Å². The molecule has 1 aliphatic carbocycles. The number of hydrogen-bond acceptors (Lipinski definition) is 3. The average molecular weight is 355 g/mol. The van der Waals surface area contributed by atoms with E-state index >= 15 is 0 Å². The fourth-order valence-electron chi connectivity index (χ4n) is 2.49. The number of carbonyl (C=O) groups is 1. The number of nitrogens with two attached hydrogens (primary N) is 1. The van der Waals surface area contributed by atoms with Crippen LogP contribution in [0.15, 0.2) is 18.2 Å². The summed E-state index contributed by atoms with van der Waals surface area (Å²) in [5.41, 5.74) is 7.55. The van der Waals surface area contributed by atoms with Gasteiger partial charge in [-0.05, 0) is 37.5 Å². The van der Waals surface area contributed by atoms with Gasteiger partial charge in [0, 0.05) is 31.1 Å². The first-order chi connectivity index (χ1) is 8.97. The molecule has 7 heteroatoms. The molecule has 2 rings (SSSR count). The minimum Gasteiger partial charge on any atom is -0.376 e. The summed E-state index contributed by atoms with van der Waals surface area (Å²) in [4.78, 5) is 14.2. The van der Waals surface area contributed by atoms with Gasteiger partial charge in [-0.15, -0.1) is 24.8 Å². The zero-order chi connectivity index (χ0) is 14.0. The Bertz CT molecular complexity index is 483. The molecule has 2 unspecified atom stereocenters. The summed E-state index contributed by atoms with van der Waals surface area (Å²) in [5.74, 6) is 0.0577. The molecule has 0 aromatic heterocycles. The zero-order valence-corrected chi connectivity index (χ0v) is 14.5.